The summed E-state index contributed by atoms with van der Waals surface area (Å²) in [6.07, 6.45) is 10.1. The molecule has 0 bridgehead atoms. The molecule has 200 valence electrons. The number of benzene rings is 2. The Morgan fingerprint density at radius 2 is 1.51 bits per heavy atom. The fourth-order valence-corrected chi connectivity index (χ4v) is 5.90. The third kappa shape index (κ3) is 7.88. The van der Waals surface area contributed by atoms with Crippen molar-refractivity contribution < 1.29 is 24.2 Å². The van der Waals surface area contributed by atoms with Crippen molar-refractivity contribution >= 4 is 29.6 Å². The number of aryl methyl sites for hydroxylation is 4. The molecule has 0 amide bonds. The summed E-state index contributed by atoms with van der Waals surface area (Å²) in [4.78, 5) is 24.4. The van der Waals surface area contributed by atoms with Gasteiger partial charge in [0.25, 0.3) is 0 Å². The van der Waals surface area contributed by atoms with Crippen molar-refractivity contribution in [2.75, 3.05) is 12.4 Å². The molecule has 0 spiro atoms. The van der Waals surface area contributed by atoms with E-state index in [2.05, 4.69) is 0 Å². The van der Waals surface area contributed by atoms with Crippen LogP contribution in [0.1, 0.15) is 84.1 Å². The number of carboxylic acid groups (broad SMARTS) is 1. The van der Waals surface area contributed by atoms with E-state index in [1.807, 2.05) is 63.7 Å². The Morgan fingerprint density at radius 1 is 0.946 bits per heavy atom. The molecular formula is C31H40O5S. The van der Waals surface area contributed by atoms with E-state index in [1.54, 1.807) is 12.2 Å². The molecule has 0 unspecified atom stereocenters. The Morgan fingerprint density at radius 3 is 2.08 bits per heavy atom. The highest BCUT2D eigenvalue weighted by Crippen LogP contribution is 2.31. The van der Waals surface area contributed by atoms with Crippen LogP contribution < -0.4 is 9.47 Å². The maximum absolute atomic E-state index is 12.9. The predicted molar refractivity (Wildman–Crippen MR) is 152 cm³/mol. The van der Waals surface area contributed by atoms with Crippen LogP contribution in [0.3, 0.4) is 0 Å². The zero-order valence-electron chi connectivity index (χ0n) is 23.0. The van der Waals surface area contributed by atoms with Crippen LogP contribution >= 0.6 is 11.8 Å². The normalized spacial score (nSPS) is 14.6. The van der Waals surface area contributed by atoms with Crippen molar-refractivity contribution in [2.24, 2.45) is 0 Å². The van der Waals surface area contributed by atoms with Gasteiger partial charge in [0.1, 0.15) is 11.5 Å². The van der Waals surface area contributed by atoms with Gasteiger partial charge in [-0.2, -0.15) is 11.8 Å². The molecule has 2 aromatic rings. The van der Waals surface area contributed by atoms with E-state index in [4.69, 9.17) is 9.47 Å². The largest absolute Gasteiger partial charge is 0.492 e. The number of carbonyl (C=O) groups is 2. The van der Waals surface area contributed by atoms with Crippen molar-refractivity contribution in [3.8, 4) is 11.5 Å². The second-order valence-corrected chi connectivity index (χ2v) is 11.9. The van der Waals surface area contributed by atoms with Crippen LogP contribution in [-0.4, -0.2) is 40.1 Å². The van der Waals surface area contributed by atoms with E-state index in [-0.39, 0.29) is 5.78 Å². The highest BCUT2D eigenvalue weighted by atomic mass is 32.2. The summed E-state index contributed by atoms with van der Waals surface area (Å²) in [5.74, 6) is 1.31. The van der Waals surface area contributed by atoms with Gasteiger partial charge in [-0.25, -0.2) is 4.79 Å². The molecule has 1 N–H and O–H groups in total. The predicted octanol–water partition coefficient (Wildman–Crippen LogP) is 7.50. The molecule has 0 radical (unpaired) electrons. The minimum atomic E-state index is -1.33. The van der Waals surface area contributed by atoms with Gasteiger partial charge in [-0.1, -0.05) is 25.3 Å². The lowest BCUT2D eigenvalue weighted by Crippen LogP contribution is -2.38. The van der Waals surface area contributed by atoms with Gasteiger partial charge in [0.15, 0.2) is 11.4 Å². The van der Waals surface area contributed by atoms with Crippen molar-refractivity contribution in [1.82, 2.24) is 0 Å². The minimum absolute atomic E-state index is 0.0757. The monoisotopic (exact) mass is 524 g/mol. The molecule has 2 aromatic carbocycles. The molecule has 0 heterocycles. The summed E-state index contributed by atoms with van der Waals surface area (Å²) < 4.78 is 11.9. The lowest BCUT2D eigenvalue weighted by molar-refractivity contribution is -0.152. The molecule has 1 aliphatic rings. The van der Waals surface area contributed by atoms with E-state index >= 15 is 0 Å². The molecule has 0 aromatic heterocycles. The molecule has 0 saturated heterocycles. The number of thioether (sulfide) groups is 1. The van der Waals surface area contributed by atoms with Gasteiger partial charge in [0.2, 0.25) is 0 Å². The van der Waals surface area contributed by atoms with Gasteiger partial charge < -0.3 is 14.6 Å². The highest BCUT2D eigenvalue weighted by Gasteiger charge is 2.30. The van der Waals surface area contributed by atoms with Crippen molar-refractivity contribution in [2.45, 2.75) is 84.5 Å². The SMILES string of the molecule is Cc1cc(C(=O)/C=C/c2cc(C)c(OC(C)(C)C(=O)O)c(C)c2)cc(C)c1OCCSC1CCCCC1. The first kappa shape index (κ1) is 28.8. The highest BCUT2D eigenvalue weighted by molar-refractivity contribution is 7.99. The number of ketones is 1. The van der Waals surface area contributed by atoms with Gasteiger partial charge >= 0.3 is 5.97 Å². The third-order valence-corrected chi connectivity index (χ3v) is 8.11. The van der Waals surface area contributed by atoms with Crippen molar-refractivity contribution in [3.05, 3.63) is 63.7 Å². The molecule has 1 saturated carbocycles. The maximum Gasteiger partial charge on any atom is 0.347 e. The molecule has 5 nitrogen and oxygen atoms in total. The standard InChI is InChI=1S/C31H40O5S/c1-20-16-24(17-21(2)29(20)36-31(5,6)30(33)34)12-13-27(32)25-18-22(3)28(23(4)19-25)35-14-15-37-26-10-8-7-9-11-26/h12-13,16-19,26H,7-11,14-15H2,1-6H3,(H,33,34)/b13-12+. The Hall–Kier alpha value is -2.73. The summed E-state index contributed by atoms with van der Waals surface area (Å²) >= 11 is 2.03. The van der Waals surface area contributed by atoms with Gasteiger partial charge in [-0.15, -0.1) is 0 Å². The molecule has 3 rings (SSSR count). The molecular weight excluding hydrogens is 484 g/mol. The summed E-state index contributed by atoms with van der Waals surface area (Å²) in [5.41, 5.74) is 3.72. The summed E-state index contributed by atoms with van der Waals surface area (Å²) in [7, 11) is 0. The van der Waals surface area contributed by atoms with Gasteiger partial charge in [0, 0.05) is 16.6 Å². The zero-order chi connectivity index (χ0) is 27.2. The van der Waals surface area contributed by atoms with E-state index < -0.39 is 11.6 Å². The van der Waals surface area contributed by atoms with Crippen LogP contribution in [0.15, 0.2) is 30.3 Å². The summed E-state index contributed by atoms with van der Waals surface area (Å²) in [6.45, 7) is 11.5. The van der Waals surface area contributed by atoms with Crippen LogP contribution in [0.25, 0.3) is 6.08 Å². The van der Waals surface area contributed by atoms with Gasteiger partial charge in [-0.3, -0.25) is 4.79 Å². The topological polar surface area (TPSA) is 72.8 Å². The van der Waals surface area contributed by atoms with Crippen molar-refractivity contribution in [1.29, 1.82) is 0 Å². The van der Waals surface area contributed by atoms with Crippen molar-refractivity contribution in [3.63, 3.8) is 0 Å². The molecule has 6 heteroatoms. The van der Waals surface area contributed by atoms with Gasteiger partial charge in [0.05, 0.1) is 6.61 Å². The molecule has 0 aliphatic heterocycles. The number of rotatable bonds is 11. The lowest BCUT2D eigenvalue weighted by Gasteiger charge is -2.24. The zero-order valence-corrected chi connectivity index (χ0v) is 23.8. The van der Waals surface area contributed by atoms with E-state index in [0.29, 0.717) is 17.9 Å². The molecule has 1 fully saturated rings. The Bertz CT molecular complexity index is 1110. The minimum Gasteiger partial charge on any atom is -0.492 e. The number of hydrogen-bond donors (Lipinski definition) is 1. The number of ether oxygens (including phenoxy) is 2. The van der Waals surface area contributed by atoms with E-state index in [0.717, 1.165) is 44.6 Å². The molecule has 0 atom stereocenters. The number of hydrogen-bond acceptors (Lipinski definition) is 5. The maximum atomic E-state index is 12.9. The Labute approximate surface area is 225 Å². The average Bonchev–Trinajstić information content (AvgIpc) is 2.84. The first-order valence-corrected chi connectivity index (χ1v) is 14.1. The number of aliphatic carboxylic acids is 1. The second kappa shape index (κ2) is 12.7. The fraction of sp³-hybridized carbons (Fsp3) is 0.484. The van der Waals surface area contributed by atoms with Gasteiger partial charge in [-0.05, 0) is 113 Å². The first-order valence-electron chi connectivity index (χ1n) is 13.1. The lowest BCUT2D eigenvalue weighted by atomic mass is 10.0. The first-order chi connectivity index (χ1) is 17.5. The van der Waals surface area contributed by atoms with Crippen LogP contribution in [-0.2, 0) is 4.79 Å². The smallest absolute Gasteiger partial charge is 0.347 e. The Balaban J connectivity index is 1.63. The van der Waals surface area contributed by atoms with Crippen LogP contribution in [0.2, 0.25) is 0 Å². The summed E-state index contributed by atoms with van der Waals surface area (Å²) in [6, 6.07) is 7.57. The second-order valence-electron chi connectivity index (χ2n) is 10.5. The number of carbonyl (C=O) groups excluding carboxylic acids is 1. The van der Waals surface area contributed by atoms with E-state index in [1.165, 1.54) is 46.0 Å². The van der Waals surface area contributed by atoms with Crippen LogP contribution in [0, 0.1) is 27.7 Å². The van der Waals surface area contributed by atoms with Crippen LogP contribution in [0.4, 0.5) is 0 Å². The number of allylic oxidation sites excluding steroid dienone is 1. The van der Waals surface area contributed by atoms with Crippen LogP contribution in [0.5, 0.6) is 11.5 Å². The third-order valence-electron chi connectivity index (χ3n) is 6.76. The number of carboxylic acids is 1. The summed E-state index contributed by atoms with van der Waals surface area (Å²) in [5, 5.41) is 10.1. The fourth-order valence-electron chi connectivity index (χ4n) is 4.72. The average molecular weight is 525 g/mol. The molecule has 37 heavy (non-hydrogen) atoms. The molecule has 1 aliphatic carbocycles. The Kier molecular flexibility index (Phi) is 9.88. The quantitative estimate of drug-likeness (QED) is 0.186. The van der Waals surface area contributed by atoms with E-state index in [9.17, 15) is 14.7 Å².